The number of rotatable bonds is 5. The van der Waals surface area contributed by atoms with Gasteiger partial charge in [-0.25, -0.2) is 0 Å². The fourth-order valence-corrected chi connectivity index (χ4v) is 2.91. The van der Waals surface area contributed by atoms with Crippen molar-refractivity contribution in [3.05, 3.63) is 79.8 Å². The number of nitro benzene ring substituents is 1. The Kier molecular flexibility index (Phi) is 5.94. The van der Waals surface area contributed by atoms with Crippen LogP contribution in [-0.4, -0.2) is 13.3 Å². The lowest BCUT2D eigenvalue weighted by atomic mass is 10.1. The van der Waals surface area contributed by atoms with Crippen LogP contribution in [0.15, 0.2) is 53.4 Å². The summed E-state index contributed by atoms with van der Waals surface area (Å²) in [7, 11) is -4.80. The Morgan fingerprint density at radius 1 is 0.960 bits per heavy atom. The van der Waals surface area contributed by atoms with Gasteiger partial charge >= 0.3 is 10.2 Å². The third-order valence-electron chi connectivity index (χ3n) is 3.11. The zero-order chi connectivity index (χ0) is 18.6. The van der Waals surface area contributed by atoms with Crippen molar-refractivity contribution in [2.75, 3.05) is 0 Å². The smallest absolute Gasteiger partial charge is 0.258 e. The van der Waals surface area contributed by atoms with E-state index in [0.717, 1.165) is 12.1 Å². The molecule has 0 aliphatic rings. The molecule has 2 rings (SSSR count). The molecule has 0 fully saturated rings. The van der Waals surface area contributed by atoms with Gasteiger partial charge in [-0.2, -0.15) is 8.42 Å². The van der Waals surface area contributed by atoms with E-state index in [2.05, 4.69) is 0 Å². The maximum atomic E-state index is 12.9. The molecule has 0 atom stereocenters. The summed E-state index contributed by atoms with van der Waals surface area (Å²) < 4.78 is 34.5. The van der Waals surface area contributed by atoms with E-state index in [1.807, 2.05) is 0 Å². The molecule has 0 N–H and O–H groups in total. The normalized spacial score (nSPS) is 12.1. The van der Waals surface area contributed by atoms with Gasteiger partial charge in [-0.1, -0.05) is 53.6 Å². The van der Waals surface area contributed by atoms with Crippen LogP contribution in [0.4, 0.5) is 9.57 Å². The first-order chi connectivity index (χ1) is 11.7. The second-order valence-corrected chi connectivity index (χ2v) is 6.96. The molecule has 130 valence electrons. The van der Waals surface area contributed by atoms with Crippen LogP contribution in [0.1, 0.15) is 11.1 Å². The van der Waals surface area contributed by atoms with Crippen LogP contribution in [0.25, 0.3) is 12.2 Å². The van der Waals surface area contributed by atoms with Crippen LogP contribution in [0.2, 0.25) is 10.0 Å². The summed E-state index contributed by atoms with van der Waals surface area (Å²) >= 11 is 11.9. The molecule has 9 heteroatoms. The predicted octanol–water partition coefficient (Wildman–Crippen LogP) is 5.29. The van der Waals surface area contributed by atoms with E-state index in [-0.39, 0.29) is 15.7 Å². The molecule has 2 aromatic rings. The van der Waals surface area contributed by atoms with E-state index in [9.17, 15) is 22.4 Å². The first-order valence-corrected chi connectivity index (χ1v) is 8.85. The van der Waals surface area contributed by atoms with E-state index >= 15 is 0 Å². The second-order valence-electron chi connectivity index (χ2n) is 4.80. The Balaban J connectivity index is 2.16. The Labute approximate surface area is 153 Å². The van der Waals surface area contributed by atoms with Gasteiger partial charge in [0, 0.05) is 17.2 Å². The summed E-state index contributed by atoms with van der Waals surface area (Å²) in [6.45, 7) is 0. The van der Waals surface area contributed by atoms with Crippen LogP contribution < -0.4 is 0 Å². The van der Waals surface area contributed by atoms with Crippen molar-refractivity contribution in [1.82, 2.24) is 0 Å². The topological polar surface area (TPSA) is 77.3 Å². The van der Waals surface area contributed by atoms with Crippen LogP contribution in [0.5, 0.6) is 0 Å². The molecule has 2 aromatic carbocycles. The Morgan fingerprint density at radius 3 is 1.92 bits per heavy atom. The molecule has 0 aliphatic heterocycles. The first kappa shape index (κ1) is 19.1. The van der Waals surface area contributed by atoms with Crippen molar-refractivity contribution in [1.29, 1.82) is 0 Å². The SMILES string of the molecule is O=[N+]([O-])c1ccc(/C=C/C=C\c2ccc(S(=O)(=O)F)cc2Cl)c(Cl)c1. The fourth-order valence-electron chi connectivity index (χ4n) is 1.88. The number of allylic oxidation sites excluding steroid dienone is 2. The molecule has 0 saturated carbocycles. The minimum absolute atomic E-state index is 0.0803. The number of hydrogen-bond acceptors (Lipinski definition) is 4. The molecule has 0 aliphatic carbocycles. The van der Waals surface area contributed by atoms with Crippen molar-refractivity contribution >= 4 is 51.3 Å². The molecule has 0 unspecified atom stereocenters. The van der Waals surface area contributed by atoms with Gasteiger partial charge in [0.15, 0.2) is 0 Å². The number of benzene rings is 2. The van der Waals surface area contributed by atoms with Crippen molar-refractivity contribution < 1.29 is 17.2 Å². The highest BCUT2D eigenvalue weighted by Gasteiger charge is 2.12. The summed E-state index contributed by atoms with van der Waals surface area (Å²) in [5, 5.41) is 11.0. The van der Waals surface area contributed by atoms with Crippen LogP contribution in [0.3, 0.4) is 0 Å². The van der Waals surface area contributed by atoms with Crippen molar-refractivity contribution in [3.63, 3.8) is 0 Å². The molecule has 0 radical (unpaired) electrons. The molecule has 0 aromatic heterocycles. The highest BCUT2D eigenvalue weighted by atomic mass is 35.5. The summed E-state index contributed by atoms with van der Waals surface area (Å²) in [5.74, 6) is 0. The van der Waals surface area contributed by atoms with E-state index in [4.69, 9.17) is 23.2 Å². The maximum absolute atomic E-state index is 12.9. The minimum atomic E-state index is -4.80. The van der Waals surface area contributed by atoms with Gasteiger partial charge in [0.05, 0.1) is 14.8 Å². The minimum Gasteiger partial charge on any atom is -0.258 e. The molecular formula is C16H10Cl2FNO4S. The Bertz CT molecular complexity index is 988. The van der Waals surface area contributed by atoms with E-state index in [1.54, 1.807) is 24.3 Å². The molecular weight excluding hydrogens is 392 g/mol. The van der Waals surface area contributed by atoms with Gasteiger partial charge in [-0.15, -0.1) is 3.89 Å². The summed E-state index contributed by atoms with van der Waals surface area (Å²) in [4.78, 5) is 9.59. The van der Waals surface area contributed by atoms with Gasteiger partial charge in [0.1, 0.15) is 0 Å². The zero-order valence-electron chi connectivity index (χ0n) is 12.4. The van der Waals surface area contributed by atoms with Crippen molar-refractivity contribution in [3.8, 4) is 0 Å². The molecule has 0 saturated heterocycles. The van der Waals surface area contributed by atoms with Crippen LogP contribution in [-0.2, 0) is 10.2 Å². The van der Waals surface area contributed by atoms with E-state index in [1.165, 1.54) is 24.3 Å². The van der Waals surface area contributed by atoms with Gasteiger partial charge in [-0.3, -0.25) is 10.1 Å². The van der Waals surface area contributed by atoms with Crippen LogP contribution >= 0.6 is 23.2 Å². The van der Waals surface area contributed by atoms with E-state index in [0.29, 0.717) is 11.1 Å². The number of non-ortho nitro benzene ring substituents is 1. The van der Waals surface area contributed by atoms with E-state index < -0.39 is 20.0 Å². The number of nitrogens with zero attached hydrogens (tertiary/aromatic N) is 1. The highest BCUT2D eigenvalue weighted by molar-refractivity contribution is 7.86. The second kappa shape index (κ2) is 7.77. The van der Waals surface area contributed by atoms with Gasteiger partial charge in [0.2, 0.25) is 0 Å². The molecule has 5 nitrogen and oxygen atoms in total. The lowest BCUT2D eigenvalue weighted by molar-refractivity contribution is -0.384. The average Bonchev–Trinajstić information content (AvgIpc) is 2.52. The zero-order valence-corrected chi connectivity index (χ0v) is 14.7. The maximum Gasteiger partial charge on any atom is 0.332 e. The number of halogens is 3. The number of hydrogen-bond donors (Lipinski definition) is 0. The van der Waals surface area contributed by atoms with Gasteiger partial charge < -0.3 is 0 Å². The highest BCUT2D eigenvalue weighted by Crippen LogP contribution is 2.25. The lowest BCUT2D eigenvalue weighted by Gasteiger charge is -2.00. The molecule has 0 heterocycles. The largest absolute Gasteiger partial charge is 0.332 e. The van der Waals surface area contributed by atoms with Crippen LogP contribution in [0, 0.1) is 10.1 Å². The summed E-state index contributed by atoms with van der Waals surface area (Å²) in [6.07, 6.45) is 6.47. The monoisotopic (exact) mass is 401 g/mol. The fraction of sp³-hybridized carbons (Fsp3) is 0. The quantitative estimate of drug-likeness (QED) is 0.295. The summed E-state index contributed by atoms with van der Waals surface area (Å²) in [6, 6.07) is 7.60. The summed E-state index contributed by atoms with van der Waals surface area (Å²) in [5.41, 5.74) is 0.975. The molecule has 25 heavy (non-hydrogen) atoms. The Hall–Kier alpha value is -2.22. The predicted molar refractivity (Wildman–Crippen MR) is 95.9 cm³/mol. The Morgan fingerprint density at radius 2 is 1.48 bits per heavy atom. The lowest BCUT2D eigenvalue weighted by Crippen LogP contribution is -1.92. The first-order valence-electron chi connectivity index (χ1n) is 6.71. The molecule has 0 spiro atoms. The third kappa shape index (κ3) is 5.12. The van der Waals surface area contributed by atoms with Crippen molar-refractivity contribution in [2.45, 2.75) is 4.90 Å². The third-order valence-corrected chi connectivity index (χ3v) is 4.58. The standard InChI is InChI=1S/C16H10Cl2FNO4S/c17-15-9-13(20(21)22)7-5-11(15)3-1-2-4-12-6-8-14(10-16(12)18)25(19,23)24/h1-10H/b3-1+,4-2-. The average molecular weight is 402 g/mol. The number of nitro groups is 1. The van der Waals surface area contributed by atoms with Crippen molar-refractivity contribution in [2.24, 2.45) is 0 Å². The molecule has 0 bridgehead atoms. The molecule has 0 amide bonds. The van der Waals surface area contributed by atoms with Gasteiger partial charge in [0.25, 0.3) is 5.69 Å². The van der Waals surface area contributed by atoms with Gasteiger partial charge in [-0.05, 0) is 29.3 Å².